The zero-order valence-corrected chi connectivity index (χ0v) is 11.1. The minimum absolute atomic E-state index is 0.0921. The number of halogens is 1. The van der Waals surface area contributed by atoms with E-state index in [0.717, 1.165) is 20.3 Å². The van der Waals surface area contributed by atoms with Gasteiger partial charge in [0.1, 0.15) is 0 Å². The van der Waals surface area contributed by atoms with Crippen molar-refractivity contribution in [2.24, 2.45) is 0 Å². The highest BCUT2D eigenvalue weighted by Crippen LogP contribution is 2.15. The first-order valence-corrected chi connectivity index (χ1v) is 6.12. The molecule has 0 heterocycles. The minimum atomic E-state index is 0.0921. The van der Waals surface area contributed by atoms with Crippen LogP contribution in [0.4, 0.5) is 0 Å². The first-order chi connectivity index (χ1) is 7.68. The predicted molar refractivity (Wildman–Crippen MR) is 73.8 cm³/mol. The predicted octanol–water partition coefficient (Wildman–Crippen LogP) is 3.83. The van der Waals surface area contributed by atoms with Gasteiger partial charge in [0, 0.05) is 14.7 Å². The Morgan fingerprint density at radius 1 is 1.00 bits per heavy atom. The van der Waals surface area contributed by atoms with Gasteiger partial charge in [0.2, 0.25) is 0 Å². The molecule has 0 fully saturated rings. The normalized spacial score (nSPS) is 10.1. The number of benzene rings is 2. The van der Waals surface area contributed by atoms with Gasteiger partial charge < -0.3 is 0 Å². The van der Waals surface area contributed by atoms with Crippen LogP contribution in [0.5, 0.6) is 0 Å². The number of carbonyl (C=O) groups is 1. The van der Waals surface area contributed by atoms with Crippen molar-refractivity contribution in [3.05, 3.63) is 68.8 Å². The lowest BCUT2D eigenvalue weighted by Gasteiger charge is -2.04. The van der Waals surface area contributed by atoms with Crippen molar-refractivity contribution < 1.29 is 4.79 Å². The molecule has 0 aliphatic carbocycles. The largest absolute Gasteiger partial charge is 0.289 e. The fourth-order valence-electron chi connectivity index (χ4n) is 1.58. The van der Waals surface area contributed by atoms with Gasteiger partial charge in [-0.05, 0) is 59.3 Å². The van der Waals surface area contributed by atoms with Crippen LogP contribution in [0.2, 0.25) is 0 Å². The van der Waals surface area contributed by atoms with Gasteiger partial charge in [0.25, 0.3) is 0 Å². The van der Waals surface area contributed by atoms with Crippen LogP contribution in [0.3, 0.4) is 0 Å². The average Bonchev–Trinajstić information content (AvgIpc) is 2.30. The molecular weight excluding hydrogens is 311 g/mol. The van der Waals surface area contributed by atoms with E-state index in [1.54, 1.807) is 0 Å². The van der Waals surface area contributed by atoms with Crippen LogP contribution in [-0.2, 0) is 0 Å². The second-order valence-electron chi connectivity index (χ2n) is 3.65. The molecule has 0 saturated heterocycles. The summed E-state index contributed by atoms with van der Waals surface area (Å²) in [6, 6.07) is 15.3. The van der Waals surface area contributed by atoms with Crippen molar-refractivity contribution in [3.63, 3.8) is 0 Å². The van der Waals surface area contributed by atoms with Gasteiger partial charge >= 0.3 is 0 Å². The van der Waals surface area contributed by atoms with Crippen molar-refractivity contribution in [2.45, 2.75) is 6.92 Å². The second kappa shape index (κ2) is 4.78. The maximum absolute atomic E-state index is 12.2. The standard InChI is InChI=1S/C14H11IO/c1-10-4-2-3-5-13(10)14(16)11-6-8-12(15)9-7-11/h2-9H,1H3. The molecule has 0 radical (unpaired) electrons. The van der Waals surface area contributed by atoms with Crippen LogP contribution >= 0.6 is 22.6 Å². The molecule has 0 aromatic heterocycles. The van der Waals surface area contributed by atoms with E-state index < -0.39 is 0 Å². The van der Waals surface area contributed by atoms with E-state index in [4.69, 9.17) is 0 Å². The van der Waals surface area contributed by atoms with Crippen molar-refractivity contribution in [1.82, 2.24) is 0 Å². The van der Waals surface area contributed by atoms with E-state index in [9.17, 15) is 4.79 Å². The Hall–Kier alpha value is -1.16. The number of carbonyl (C=O) groups excluding carboxylic acids is 1. The number of hydrogen-bond acceptors (Lipinski definition) is 1. The molecule has 16 heavy (non-hydrogen) atoms. The second-order valence-corrected chi connectivity index (χ2v) is 4.90. The van der Waals surface area contributed by atoms with Crippen LogP contribution in [0.15, 0.2) is 48.5 Å². The highest BCUT2D eigenvalue weighted by molar-refractivity contribution is 14.1. The molecule has 0 saturated carbocycles. The Morgan fingerprint density at radius 3 is 2.25 bits per heavy atom. The summed E-state index contributed by atoms with van der Waals surface area (Å²) in [5.41, 5.74) is 2.55. The molecule has 0 aliphatic rings. The molecule has 2 heteroatoms. The summed E-state index contributed by atoms with van der Waals surface area (Å²) in [4.78, 5) is 12.2. The monoisotopic (exact) mass is 322 g/mol. The maximum Gasteiger partial charge on any atom is 0.193 e. The van der Waals surface area contributed by atoms with E-state index in [2.05, 4.69) is 22.6 Å². The number of ketones is 1. The summed E-state index contributed by atoms with van der Waals surface area (Å²) in [7, 11) is 0. The maximum atomic E-state index is 12.2. The lowest BCUT2D eigenvalue weighted by atomic mass is 9.99. The first-order valence-electron chi connectivity index (χ1n) is 5.04. The Balaban J connectivity index is 2.40. The Morgan fingerprint density at radius 2 is 1.62 bits per heavy atom. The Labute approximate surface area is 109 Å². The zero-order valence-electron chi connectivity index (χ0n) is 8.91. The van der Waals surface area contributed by atoms with Gasteiger partial charge in [0.15, 0.2) is 5.78 Å². The molecule has 0 bridgehead atoms. The van der Waals surface area contributed by atoms with Crippen molar-refractivity contribution >= 4 is 28.4 Å². The third-order valence-corrected chi connectivity index (χ3v) is 3.22. The number of rotatable bonds is 2. The third-order valence-electron chi connectivity index (χ3n) is 2.50. The van der Waals surface area contributed by atoms with Gasteiger partial charge in [-0.15, -0.1) is 0 Å². The van der Waals surface area contributed by atoms with E-state index in [1.165, 1.54) is 0 Å². The van der Waals surface area contributed by atoms with Crippen molar-refractivity contribution in [1.29, 1.82) is 0 Å². The first kappa shape index (κ1) is 11.3. The highest BCUT2D eigenvalue weighted by atomic mass is 127. The summed E-state index contributed by atoms with van der Waals surface area (Å²) in [5.74, 6) is 0.0921. The zero-order chi connectivity index (χ0) is 11.5. The smallest absolute Gasteiger partial charge is 0.193 e. The van der Waals surface area contributed by atoms with E-state index >= 15 is 0 Å². The van der Waals surface area contributed by atoms with Crippen LogP contribution in [0, 0.1) is 10.5 Å². The molecule has 1 nitrogen and oxygen atoms in total. The molecule has 0 aliphatic heterocycles. The quantitative estimate of drug-likeness (QED) is 0.607. The van der Waals surface area contributed by atoms with Crippen LogP contribution in [-0.4, -0.2) is 5.78 Å². The summed E-state index contributed by atoms with van der Waals surface area (Å²) in [6.45, 7) is 1.96. The Bertz CT molecular complexity index is 515. The fourth-order valence-corrected chi connectivity index (χ4v) is 1.94. The number of aryl methyl sites for hydroxylation is 1. The lowest BCUT2D eigenvalue weighted by molar-refractivity contribution is 0.103. The van der Waals surface area contributed by atoms with Gasteiger partial charge in [-0.25, -0.2) is 0 Å². The molecule has 2 aromatic carbocycles. The third kappa shape index (κ3) is 2.32. The van der Waals surface area contributed by atoms with Crippen LogP contribution < -0.4 is 0 Å². The summed E-state index contributed by atoms with van der Waals surface area (Å²) in [6.07, 6.45) is 0. The minimum Gasteiger partial charge on any atom is -0.289 e. The molecule has 80 valence electrons. The van der Waals surface area contributed by atoms with Crippen molar-refractivity contribution in [2.75, 3.05) is 0 Å². The molecule has 2 aromatic rings. The molecule has 2 rings (SSSR count). The fraction of sp³-hybridized carbons (Fsp3) is 0.0714. The average molecular weight is 322 g/mol. The summed E-state index contributed by atoms with van der Waals surface area (Å²) in [5, 5.41) is 0. The number of hydrogen-bond donors (Lipinski definition) is 0. The SMILES string of the molecule is Cc1ccccc1C(=O)c1ccc(I)cc1. The van der Waals surface area contributed by atoms with Crippen LogP contribution in [0.1, 0.15) is 21.5 Å². The van der Waals surface area contributed by atoms with E-state index in [0.29, 0.717) is 0 Å². The Kier molecular flexibility index (Phi) is 3.39. The topological polar surface area (TPSA) is 17.1 Å². The van der Waals surface area contributed by atoms with Crippen molar-refractivity contribution in [3.8, 4) is 0 Å². The highest BCUT2D eigenvalue weighted by Gasteiger charge is 2.10. The van der Waals surface area contributed by atoms with Crippen LogP contribution in [0.25, 0.3) is 0 Å². The molecule has 0 unspecified atom stereocenters. The van der Waals surface area contributed by atoms with E-state index in [1.807, 2.05) is 55.5 Å². The van der Waals surface area contributed by atoms with Gasteiger partial charge in [-0.1, -0.05) is 24.3 Å². The molecule has 0 amide bonds. The summed E-state index contributed by atoms with van der Waals surface area (Å²) >= 11 is 2.23. The van der Waals surface area contributed by atoms with Gasteiger partial charge in [-0.2, -0.15) is 0 Å². The van der Waals surface area contributed by atoms with Gasteiger partial charge in [0.05, 0.1) is 0 Å². The van der Waals surface area contributed by atoms with Gasteiger partial charge in [-0.3, -0.25) is 4.79 Å². The molecular formula is C14H11IO. The van der Waals surface area contributed by atoms with E-state index in [-0.39, 0.29) is 5.78 Å². The lowest BCUT2D eigenvalue weighted by Crippen LogP contribution is -2.03. The summed E-state index contributed by atoms with van der Waals surface area (Å²) < 4.78 is 1.14. The molecule has 0 atom stereocenters. The molecule has 0 N–H and O–H groups in total. The molecule has 0 spiro atoms.